The van der Waals surface area contributed by atoms with E-state index in [1.165, 1.54) is 17.7 Å². The van der Waals surface area contributed by atoms with Crippen LogP contribution >= 0.6 is 0 Å². The van der Waals surface area contributed by atoms with Crippen molar-refractivity contribution < 1.29 is 4.79 Å². The van der Waals surface area contributed by atoms with Crippen LogP contribution in [0.3, 0.4) is 0 Å². The zero-order valence-electron chi connectivity index (χ0n) is 15.4. The molecule has 0 unspecified atom stereocenters. The number of H-pyrrole nitrogens is 1. The van der Waals surface area contributed by atoms with E-state index in [-0.39, 0.29) is 11.4 Å². The first kappa shape index (κ1) is 17.2. The van der Waals surface area contributed by atoms with Gasteiger partial charge >= 0.3 is 0 Å². The molecule has 0 bridgehead atoms. The number of fused-ring (bicyclic) bond motifs is 2. The van der Waals surface area contributed by atoms with E-state index >= 15 is 0 Å². The molecule has 0 aromatic carbocycles. The van der Waals surface area contributed by atoms with Gasteiger partial charge in [-0.25, -0.2) is 9.97 Å². The molecule has 1 saturated heterocycles. The number of aromatic amines is 1. The molecule has 0 atom stereocenters. The Morgan fingerprint density at radius 3 is 2.88 bits per heavy atom. The zero-order chi connectivity index (χ0) is 18.0. The summed E-state index contributed by atoms with van der Waals surface area (Å²) >= 11 is 0. The maximum Gasteiger partial charge on any atom is 0.222 e. The van der Waals surface area contributed by atoms with Gasteiger partial charge in [0, 0.05) is 44.7 Å². The van der Waals surface area contributed by atoms with Crippen molar-refractivity contribution in [2.45, 2.75) is 51.1 Å². The van der Waals surface area contributed by atoms with E-state index < -0.39 is 0 Å². The average Bonchev–Trinajstić information content (AvgIpc) is 3.34. The molecule has 140 valence electrons. The van der Waals surface area contributed by atoms with Crippen LogP contribution in [-0.2, 0) is 23.3 Å². The highest BCUT2D eigenvalue weighted by atomic mass is 16.2. The summed E-state index contributed by atoms with van der Waals surface area (Å²) in [7, 11) is 0. The predicted octanol–water partition coefficient (Wildman–Crippen LogP) is 1.18. The number of rotatable bonds is 5. The second-order valence-electron chi connectivity index (χ2n) is 7.23. The molecule has 0 radical (unpaired) electrons. The fourth-order valence-electron chi connectivity index (χ4n) is 4.56. The predicted molar refractivity (Wildman–Crippen MR) is 96.3 cm³/mol. The lowest BCUT2D eigenvalue weighted by molar-refractivity contribution is -0.134. The molecule has 2 aromatic rings. The summed E-state index contributed by atoms with van der Waals surface area (Å²) in [5.41, 5.74) is 2.49. The molecule has 0 saturated carbocycles. The Bertz CT molecular complexity index is 731. The smallest absolute Gasteiger partial charge is 0.222 e. The lowest BCUT2D eigenvalue weighted by Gasteiger charge is -2.50. The van der Waals surface area contributed by atoms with E-state index in [0.29, 0.717) is 6.42 Å². The zero-order valence-corrected chi connectivity index (χ0v) is 15.4. The standard InChI is InChI=1S/C18H27N7O/c1-2-24-9-5-15-17(21-13-20-15)18(24)6-10-23(11-7-18)16(26)4-3-8-25-14-19-12-22-25/h12-14H,2-11H2,1H3,(H,20,21). The van der Waals surface area contributed by atoms with Gasteiger partial charge in [0.05, 0.1) is 17.6 Å². The van der Waals surface area contributed by atoms with Crippen LogP contribution in [0.4, 0.5) is 0 Å². The summed E-state index contributed by atoms with van der Waals surface area (Å²) in [5.74, 6) is 0.251. The number of aryl methyl sites for hydroxylation is 1. The molecule has 1 N–H and O–H groups in total. The van der Waals surface area contributed by atoms with Gasteiger partial charge in [-0.3, -0.25) is 14.4 Å². The SMILES string of the molecule is CCN1CCc2[nH]cnc2C12CCN(C(=O)CCCn1cncn1)CC2. The third kappa shape index (κ3) is 3.02. The van der Waals surface area contributed by atoms with Crippen LogP contribution < -0.4 is 0 Å². The van der Waals surface area contributed by atoms with Crippen molar-refractivity contribution in [3.63, 3.8) is 0 Å². The molecule has 2 aliphatic rings. The van der Waals surface area contributed by atoms with E-state index in [1.807, 2.05) is 11.2 Å². The number of carbonyl (C=O) groups is 1. The Labute approximate surface area is 153 Å². The number of likely N-dealkylation sites (N-methyl/N-ethyl adjacent to an activating group) is 1. The molecule has 8 nitrogen and oxygen atoms in total. The van der Waals surface area contributed by atoms with Crippen LogP contribution in [-0.4, -0.2) is 66.6 Å². The van der Waals surface area contributed by atoms with Gasteiger partial charge < -0.3 is 9.88 Å². The molecule has 26 heavy (non-hydrogen) atoms. The summed E-state index contributed by atoms with van der Waals surface area (Å²) in [4.78, 5) is 29.1. The first-order valence-electron chi connectivity index (χ1n) is 9.61. The third-order valence-electron chi connectivity index (χ3n) is 5.97. The van der Waals surface area contributed by atoms with Crippen LogP contribution in [0.15, 0.2) is 19.0 Å². The van der Waals surface area contributed by atoms with Gasteiger partial charge in [0.1, 0.15) is 12.7 Å². The fourth-order valence-corrected chi connectivity index (χ4v) is 4.56. The van der Waals surface area contributed by atoms with Gasteiger partial charge in [0.2, 0.25) is 5.91 Å². The van der Waals surface area contributed by atoms with Crippen molar-refractivity contribution in [1.82, 2.24) is 34.5 Å². The Morgan fingerprint density at radius 1 is 1.31 bits per heavy atom. The Morgan fingerprint density at radius 2 is 2.15 bits per heavy atom. The minimum atomic E-state index is -0.000156. The molecule has 1 fully saturated rings. The van der Waals surface area contributed by atoms with Crippen molar-refractivity contribution in [2.24, 2.45) is 0 Å². The molecule has 8 heteroatoms. The van der Waals surface area contributed by atoms with Crippen molar-refractivity contribution in [3.05, 3.63) is 30.4 Å². The van der Waals surface area contributed by atoms with E-state index in [0.717, 1.165) is 58.4 Å². The number of hydrogen-bond acceptors (Lipinski definition) is 5. The van der Waals surface area contributed by atoms with Gasteiger partial charge in [0.25, 0.3) is 0 Å². The number of likely N-dealkylation sites (tertiary alicyclic amines) is 1. The Hall–Kier alpha value is -2.22. The quantitative estimate of drug-likeness (QED) is 0.869. The molecule has 1 amide bonds. The largest absolute Gasteiger partial charge is 0.348 e. The van der Waals surface area contributed by atoms with E-state index in [9.17, 15) is 4.79 Å². The molecule has 2 aliphatic heterocycles. The van der Waals surface area contributed by atoms with E-state index in [2.05, 4.69) is 31.9 Å². The monoisotopic (exact) mass is 357 g/mol. The maximum atomic E-state index is 12.6. The molecule has 4 rings (SSSR count). The number of imidazole rings is 1. The Balaban J connectivity index is 1.36. The van der Waals surface area contributed by atoms with Crippen LogP contribution in [0.1, 0.15) is 44.0 Å². The molecule has 1 spiro atoms. The topological polar surface area (TPSA) is 82.9 Å². The summed E-state index contributed by atoms with van der Waals surface area (Å²) in [5, 5.41) is 4.08. The highest BCUT2D eigenvalue weighted by molar-refractivity contribution is 5.76. The molecular formula is C18H27N7O. The van der Waals surface area contributed by atoms with Gasteiger partial charge in [0.15, 0.2) is 0 Å². The highest BCUT2D eigenvalue weighted by Gasteiger charge is 2.46. The van der Waals surface area contributed by atoms with Crippen molar-refractivity contribution in [1.29, 1.82) is 0 Å². The molecular weight excluding hydrogens is 330 g/mol. The number of amides is 1. The second-order valence-corrected chi connectivity index (χ2v) is 7.23. The fraction of sp³-hybridized carbons (Fsp3) is 0.667. The number of aromatic nitrogens is 5. The van der Waals surface area contributed by atoms with Gasteiger partial charge in [-0.1, -0.05) is 6.92 Å². The van der Waals surface area contributed by atoms with Gasteiger partial charge in [-0.15, -0.1) is 0 Å². The molecule has 0 aliphatic carbocycles. The lowest BCUT2D eigenvalue weighted by atomic mass is 9.78. The van der Waals surface area contributed by atoms with Crippen LogP contribution in [0.2, 0.25) is 0 Å². The number of nitrogens with zero attached hydrogens (tertiary/aromatic N) is 6. The third-order valence-corrected chi connectivity index (χ3v) is 5.97. The average molecular weight is 357 g/mol. The van der Waals surface area contributed by atoms with Crippen LogP contribution in [0, 0.1) is 0 Å². The summed E-state index contributed by atoms with van der Waals surface area (Å²) in [6, 6.07) is 0. The highest BCUT2D eigenvalue weighted by Crippen LogP contribution is 2.42. The summed E-state index contributed by atoms with van der Waals surface area (Å²) in [6.07, 6.45) is 9.38. The van der Waals surface area contributed by atoms with Gasteiger partial charge in [-0.05, 0) is 25.8 Å². The van der Waals surface area contributed by atoms with E-state index in [4.69, 9.17) is 0 Å². The maximum absolute atomic E-state index is 12.6. The van der Waals surface area contributed by atoms with E-state index in [1.54, 1.807) is 11.0 Å². The molecule has 2 aromatic heterocycles. The first-order valence-corrected chi connectivity index (χ1v) is 9.61. The minimum absolute atomic E-state index is 0.000156. The lowest BCUT2D eigenvalue weighted by Crippen LogP contribution is -2.57. The Kier molecular flexibility index (Phi) is 4.76. The normalized spacial score (nSPS) is 19.7. The second kappa shape index (κ2) is 7.19. The number of piperidine rings is 1. The summed E-state index contributed by atoms with van der Waals surface area (Å²) < 4.78 is 1.78. The van der Waals surface area contributed by atoms with Crippen LogP contribution in [0.5, 0.6) is 0 Å². The summed E-state index contributed by atoms with van der Waals surface area (Å²) in [6.45, 7) is 6.68. The molecule has 4 heterocycles. The number of nitrogens with one attached hydrogen (secondary N) is 1. The first-order chi connectivity index (χ1) is 12.7. The van der Waals surface area contributed by atoms with Crippen molar-refractivity contribution in [3.8, 4) is 0 Å². The number of carbonyl (C=O) groups excluding carboxylic acids is 1. The van der Waals surface area contributed by atoms with Crippen molar-refractivity contribution >= 4 is 5.91 Å². The number of hydrogen-bond donors (Lipinski definition) is 1. The van der Waals surface area contributed by atoms with Crippen LogP contribution in [0.25, 0.3) is 0 Å². The minimum Gasteiger partial charge on any atom is -0.348 e. The van der Waals surface area contributed by atoms with Crippen molar-refractivity contribution in [2.75, 3.05) is 26.2 Å². The van der Waals surface area contributed by atoms with Gasteiger partial charge in [-0.2, -0.15) is 5.10 Å².